The zero-order valence-electron chi connectivity index (χ0n) is 6.82. The predicted octanol–water partition coefficient (Wildman–Crippen LogP) is 3.05. The molecule has 0 bridgehead atoms. The molecule has 0 saturated heterocycles. The molecule has 0 saturated carbocycles. The van der Waals surface area contributed by atoms with Gasteiger partial charge in [-0.25, -0.2) is 0 Å². The molecule has 60 valence electrons. The van der Waals surface area contributed by atoms with E-state index in [1.54, 1.807) is 0 Å². The molecule has 1 nitrogen and oxygen atoms in total. The minimum Gasteiger partial charge on any atom is -0.387 e. The molecule has 2 heteroatoms. The van der Waals surface area contributed by atoms with Gasteiger partial charge in [-0.3, -0.25) is 0 Å². The van der Waals surface area contributed by atoms with Gasteiger partial charge in [-0.15, -0.1) is 0 Å². The molecule has 0 fully saturated rings. The number of hydrogen-bond acceptors (Lipinski definition) is 1. The molecule has 0 aromatic heterocycles. The van der Waals surface area contributed by atoms with Crippen LogP contribution in [0.25, 0.3) is 0 Å². The van der Waals surface area contributed by atoms with Crippen LogP contribution in [-0.4, -0.2) is 7.05 Å². The van der Waals surface area contributed by atoms with Crippen molar-refractivity contribution >= 4 is 21.6 Å². The smallest absolute Gasteiger partial charge is 0.0482 e. The molecule has 0 aliphatic heterocycles. The molecule has 1 N–H and O–H groups in total. The second-order valence-corrected chi connectivity index (χ2v) is 3.27. The molecule has 1 rings (SSSR count). The summed E-state index contributed by atoms with van der Waals surface area (Å²) in [5.41, 5.74) is 2.50. The second kappa shape index (κ2) is 3.77. The Balaban J connectivity index is 2.99. The van der Waals surface area contributed by atoms with E-state index < -0.39 is 0 Å². The van der Waals surface area contributed by atoms with E-state index >= 15 is 0 Å². The topological polar surface area (TPSA) is 12.0 Å². The van der Waals surface area contributed by atoms with E-state index in [1.807, 2.05) is 7.05 Å². The average Bonchev–Trinajstić information content (AvgIpc) is 2.04. The van der Waals surface area contributed by atoms with Crippen molar-refractivity contribution in [2.75, 3.05) is 12.4 Å². The third-order valence-electron chi connectivity index (χ3n) is 1.71. The highest BCUT2D eigenvalue weighted by molar-refractivity contribution is 9.10. The predicted molar refractivity (Wildman–Crippen MR) is 53.1 cm³/mol. The second-order valence-electron chi connectivity index (χ2n) is 2.42. The number of anilines is 1. The van der Waals surface area contributed by atoms with Gasteiger partial charge in [-0.05, 0) is 40.0 Å². The Morgan fingerprint density at radius 2 is 2.18 bits per heavy atom. The Labute approximate surface area is 75.9 Å². The number of nitrogens with one attached hydrogen (secondary N) is 1. The van der Waals surface area contributed by atoms with Crippen molar-refractivity contribution in [2.45, 2.75) is 13.3 Å². The van der Waals surface area contributed by atoms with Gasteiger partial charge in [0, 0.05) is 17.2 Å². The standard InChI is InChI=1S/C9H12BrN/c1-3-7-4-5-9(11-2)8(10)6-7/h4-6,11H,3H2,1-2H3. The summed E-state index contributed by atoms with van der Waals surface area (Å²) in [6.07, 6.45) is 1.09. The van der Waals surface area contributed by atoms with Gasteiger partial charge in [0.1, 0.15) is 0 Å². The largest absolute Gasteiger partial charge is 0.387 e. The summed E-state index contributed by atoms with van der Waals surface area (Å²) in [7, 11) is 1.92. The Morgan fingerprint density at radius 1 is 1.45 bits per heavy atom. The first kappa shape index (κ1) is 8.60. The molecule has 0 aliphatic carbocycles. The van der Waals surface area contributed by atoms with Crippen LogP contribution in [0.4, 0.5) is 5.69 Å². The molecule has 1 aromatic rings. The van der Waals surface area contributed by atoms with E-state index in [1.165, 1.54) is 5.56 Å². The average molecular weight is 214 g/mol. The number of hydrogen-bond donors (Lipinski definition) is 1. The fraction of sp³-hybridized carbons (Fsp3) is 0.333. The summed E-state index contributed by atoms with van der Waals surface area (Å²) < 4.78 is 1.14. The van der Waals surface area contributed by atoms with E-state index in [0.717, 1.165) is 16.6 Å². The van der Waals surface area contributed by atoms with Crippen molar-refractivity contribution in [3.8, 4) is 0 Å². The van der Waals surface area contributed by atoms with Gasteiger partial charge in [-0.2, -0.15) is 0 Å². The number of rotatable bonds is 2. The molecule has 1 aromatic carbocycles. The Kier molecular flexibility index (Phi) is 2.94. The van der Waals surface area contributed by atoms with Crippen molar-refractivity contribution < 1.29 is 0 Å². The van der Waals surface area contributed by atoms with E-state index in [2.05, 4.69) is 46.4 Å². The third kappa shape index (κ3) is 1.96. The Bertz CT molecular complexity index is 245. The molecule has 0 atom stereocenters. The fourth-order valence-electron chi connectivity index (χ4n) is 0.981. The SMILES string of the molecule is CCc1ccc(NC)c(Br)c1. The zero-order valence-corrected chi connectivity index (χ0v) is 8.40. The van der Waals surface area contributed by atoms with Crippen molar-refractivity contribution in [1.82, 2.24) is 0 Å². The quantitative estimate of drug-likeness (QED) is 0.797. The minimum atomic E-state index is 1.09. The van der Waals surface area contributed by atoms with Crippen LogP contribution in [0.5, 0.6) is 0 Å². The molecule has 0 amide bonds. The highest BCUT2D eigenvalue weighted by atomic mass is 79.9. The first-order valence-electron chi connectivity index (χ1n) is 3.74. The highest BCUT2D eigenvalue weighted by Crippen LogP contribution is 2.22. The Hall–Kier alpha value is -0.500. The number of benzene rings is 1. The van der Waals surface area contributed by atoms with E-state index in [0.29, 0.717) is 0 Å². The maximum Gasteiger partial charge on any atom is 0.0482 e. The molecule has 11 heavy (non-hydrogen) atoms. The van der Waals surface area contributed by atoms with Gasteiger partial charge in [-0.1, -0.05) is 13.0 Å². The van der Waals surface area contributed by atoms with Crippen LogP contribution < -0.4 is 5.32 Å². The van der Waals surface area contributed by atoms with Crippen LogP contribution in [0.15, 0.2) is 22.7 Å². The van der Waals surface area contributed by atoms with Gasteiger partial charge >= 0.3 is 0 Å². The van der Waals surface area contributed by atoms with Crippen LogP contribution >= 0.6 is 15.9 Å². The van der Waals surface area contributed by atoms with Gasteiger partial charge in [0.2, 0.25) is 0 Å². The lowest BCUT2D eigenvalue weighted by Crippen LogP contribution is -1.90. The molecular weight excluding hydrogens is 202 g/mol. The van der Waals surface area contributed by atoms with Crippen molar-refractivity contribution in [3.05, 3.63) is 28.2 Å². The lowest BCUT2D eigenvalue weighted by Gasteiger charge is -2.04. The molecule has 0 aliphatic rings. The monoisotopic (exact) mass is 213 g/mol. The zero-order chi connectivity index (χ0) is 8.27. The Morgan fingerprint density at radius 3 is 2.64 bits per heavy atom. The first-order valence-corrected chi connectivity index (χ1v) is 4.53. The summed E-state index contributed by atoms with van der Waals surface area (Å²) in [5.74, 6) is 0. The molecule has 0 radical (unpaired) electrons. The summed E-state index contributed by atoms with van der Waals surface area (Å²) >= 11 is 3.49. The van der Waals surface area contributed by atoms with Crippen molar-refractivity contribution in [2.24, 2.45) is 0 Å². The van der Waals surface area contributed by atoms with Gasteiger partial charge < -0.3 is 5.32 Å². The van der Waals surface area contributed by atoms with E-state index in [9.17, 15) is 0 Å². The maximum atomic E-state index is 3.49. The van der Waals surface area contributed by atoms with E-state index in [4.69, 9.17) is 0 Å². The lowest BCUT2D eigenvalue weighted by molar-refractivity contribution is 1.14. The lowest BCUT2D eigenvalue weighted by atomic mass is 10.1. The summed E-state index contributed by atoms with van der Waals surface area (Å²) in [5, 5.41) is 3.10. The molecule has 0 heterocycles. The summed E-state index contributed by atoms with van der Waals surface area (Å²) in [6, 6.07) is 6.37. The molecular formula is C9H12BrN. The number of aryl methyl sites for hydroxylation is 1. The minimum absolute atomic E-state index is 1.09. The highest BCUT2D eigenvalue weighted by Gasteiger charge is 1.96. The molecule has 0 spiro atoms. The van der Waals surface area contributed by atoms with Crippen LogP contribution in [0.2, 0.25) is 0 Å². The van der Waals surface area contributed by atoms with Crippen LogP contribution in [0.1, 0.15) is 12.5 Å². The van der Waals surface area contributed by atoms with Crippen molar-refractivity contribution in [3.63, 3.8) is 0 Å². The van der Waals surface area contributed by atoms with Crippen LogP contribution in [0, 0.1) is 0 Å². The first-order chi connectivity index (χ1) is 5.27. The maximum absolute atomic E-state index is 3.49. The van der Waals surface area contributed by atoms with E-state index in [-0.39, 0.29) is 0 Å². The van der Waals surface area contributed by atoms with Gasteiger partial charge in [0.05, 0.1) is 0 Å². The fourth-order valence-corrected chi connectivity index (χ4v) is 1.61. The van der Waals surface area contributed by atoms with Crippen LogP contribution in [0.3, 0.4) is 0 Å². The molecule has 0 unspecified atom stereocenters. The summed E-state index contributed by atoms with van der Waals surface area (Å²) in [4.78, 5) is 0. The normalized spacial score (nSPS) is 9.73. The summed E-state index contributed by atoms with van der Waals surface area (Å²) in [6.45, 7) is 2.15. The van der Waals surface area contributed by atoms with Gasteiger partial charge in [0.15, 0.2) is 0 Å². The number of halogens is 1. The van der Waals surface area contributed by atoms with Gasteiger partial charge in [0.25, 0.3) is 0 Å². The van der Waals surface area contributed by atoms with Crippen LogP contribution in [-0.2, 0) is 6.42 Å². The third-order valence-corrected chi connectivity index (χ3v) is 2.37. The van der Waals surface area contributed by atoms with Crippen molar-refractivity contribution in [1.29, 1.82) is 0 Å².